The summed E-state index contributed by atoms with van der Waals surface area (Å²) in [5.41, 5.74) is 0. The van der Waals surface area contributed by atoms with E-state index in [0.29, 0.717) is 39.3 Å². The van der Waals surface area contributed by atoms with Crippen molar-refractivity contribution >= 4 is 0 Å². The van der Waals surface area contributed by atoms with E-state index in [1.165, 1.54) is 0 Å². The molecule has 0 aliphatic rings. The van der Waals surface area contributed by atoms with Crippen LogP contribution in [0.5, 0.6) is 0 Å². The van der Waals surface area contributed by atoms with Crippen molar-refractivity contribution in [2.45, 2.75) is 38.9 Å². The molecule has 0 aliphatic carbocycles. The van der Waals surface area contributed by atoms with Gasteiger partial charge >= 0.3 is 0 Å². The van der Waals surface area contributed by atoms with Crippen molar-refractivity contribution in [1.29, 1.82) is 0 Å². The Morgan fingerprint density at radius 2 is 1.24 bits per heavy atom. The summed E-state index contributed by atoms with van der Waals surface area (Å²) in [4.78, 5) is 0. The van der Waals surface area contributed by atoms with E-state index in [-0.39, 0.29) is 25.4 Å². The molecule has 5 nitrogen and oxygen atoms in total. The Labute approximate surface area is 104 Å². The molecule has 0 rings (SSSR count). The summed E-state index contributed by atoms with van der Waals surface area (Å²) < 4.78 is 16.3. The third kappa shape index (κ3) is 9.50. The first-order chi connectivity index (χ1) is 8.28. The highest BCUT2D eigenvalue weighted by Crippen LogP contribution is 2.03. The third-order valence-electron chi connectivity index (χ3n) is 2.31. The van der Waals surface area contributed by atoms with Gasteiger partial charge in [0.25, 0.3) is 0 Å². The predicted molar refractivity (Wildman–Crippen MR) is 65.1 cm³/mol. The largest absolute Gasteiger partial charge is 0.396 e. The van der Waals surface area contributed by atoms with Gasteiger partial charge in [0.05, 0.1) is 25.4 Å². The minimum Gasteiger partial charge on any atom is -0.396 e. The van der Waals surface area contributed by atoms with Crippen LogP contribution in [-0.4, -0.2) is 62.1 Å². The van der Waals surface area contributed by atoms with E-state index in [2.05, 4.69) is 0 Å². The van der Waals surface area contributed by atoms with Crippen LogP contribution in [0.4, 0.5) is 0 Å². The summed E-state index contributed by atoms with van der Waals surface area (Å²) in [5.74, 6) is 0. The van der Waals surface area contributed by atoms with Crippen LogP contribution in [0.25, 0.3) is 0 Å². The average molecular weight is 250 g/mol. The minimum absolute atomic E-state index is 0.0681. The highest BCUT2D eigenvalue weighted by Gasteiger charge is 2.11. The van der Waals surface area contributed by atoms with Crippen LogP contribution in [0, 0.1) is 0 Å². The Bertz CT molecular complexity index is 126. The molecule has 5 heteroatoms. The van der Waals surface area contributed by atoms with Crippen LogP contribution < -0.4 is 0 Å². The van der Waals surface area contributed by atoms with Gasteiger partial charge < -0.3 is 24.4 Å². The second-order valence-electron chi connectivity index (χ2n) is 3.72. The van der Waals surface area contributed by atoms with Crippen LogP contribution in [0.1, 0.15) is 26.7 Å². The van der Waals surface area contributed by atoms with E-state index in [0.717, 1.165) is 0 Å². The highest BCUT2D eigenvalue weighted by atomic mass is 16.6. The van der Waals surface area contributed by atoms with Gasteiger partial charge in [-0.1, -0.05) is 0 Å². The van der Waals surface area contributed by atoms with Gasteiger partial charge in [0.1, 0.15) is 0 Å². The van der Waals surface area contributed by atoms with Crippen LogP contribution in [-0.2, 0) is 14.2 Å². The Morgan fingerprint density at radius 1 is 0.824 bits per heavy atom. The highest BCUT2D eigenvalue weighted by molar-refractivity contribution is 4.59. The molecule has 2 N–H and O–H groups in total. The van der Waals surface area contributed by atoms with Crippen LogP contribution in [0.15, 0.2) is 0 Å². The van der Waals surface area contributed by atoms with Crippen LogP contribution in [0.2, 0.25) is 0 Å². The van der Waals surface area contributed by atoms with E-state index in [1.807, 2.05) is 13.8 Å². The molecule has 2 atom stereocenters. The van der Waals surface area contributed by atoms with Crippen molar-refractivity contribution in [3.8, 4) is 0 Å². The minimum atomic E-state index is -0.0681. The SMILES string of the molecule is CCOC(CCO)COCC(CCO)OCC. The van der Waals surface area contributed by atoms with Crippen molar-refractivity contribution in [1.82, 2.24) is 0 Å². The summed E-state index contributed by atoms with van der Waals surface area (Å²) in [6, 6.07) is 0. The van der Waals surface area contributed by atoms with Crippen molar-refractivity contribution in [3.05, 3.63) is 0 Å². The van der Waals surface area contributed by atoms with Gasteiger partial charge in [-0.2, -0.15) is 0 Å². The Kier molecular flexibility index (Phi) is 12.1. The van der Waals surface area contributed by atoms with Crippen molar-refractivity contribution in [3.63, 3.8) is 0 Å². The molecule has 17 heavy (non-hydrogen) atoms. The van der Waals surface area contributed by atoms with E-state index in [1.54, 1.807) is 0 Å². The number of rotatable bonds is 12. The first kappa shape index (κ1) is 16.8. The summed E-state index contributed by atoms with van der Waals surface area (Å²) in [7, 11) is 0. The van der Waals surface area contributed by atoms with Gasteiger partial charge in [0, 0.05) is 26.4 Å². The normalized spacial score (nSPS) is 14.8. The number of ether oxygens (including phenoxy) is 3. The monoisotopic (exact) mass is 250 g/mol. The smallest absolute Gasteiger partial charge is 0.0830 e. The molecule has 0 saturated carbocycles. The lowest BCUT2D eigenvalue weighted by Gasteiger charge is -2.19. The Morgan fingerprint density at radius 3 is 1.53 bits per heavy atom. The van der Waals surface area contributed by atoms with Crippen LogP contribution >= 0.6 is 0 Å². The Balaban J connectivity index is 3.73. The lowest BCUT2D eigenvalue weighted by molar-refractivity contribution is -0.0625. The summed E-state index contributed by atoms with van der Waals surface area (Å²) in [5, 5.41) is 17.7. The molecular formula is C12H26O5. The molecule has 0 amide bonds. The standard InChI is InChI=1S/C12H26O5/c1-3-16-11(5-7-13)9-15-10-12(6-8-14)17-4-2/h11-14H,3-10H2,1-2H3. The van der Waals surface area contributed by atoms with Gasteiger partial charge in [-0.15, -0.1) is 0 Å². The maximum Gasteiger partial charge on any atom is 0.0830 e. The summed E-state index contributed by atoms with van der Waals surface area (Å²) >= 11 is 0. The first-order valence-corrected chi connectivity index (χ1v) is 6.31. The van der Waals surface area contributed by atoms with Gasteiger partial charge in [-0.05, 0) is 26.7 Å². The molecule has 0 spiro atoms. The molecule has 104 valence electrons. The molecule has 0 fully saturated rings. The fourth-order valence-corrected chi connectivity index (χ4v) is 1.52. The fraction of sp³-hybridized carbons (Fsp3) is 1.00. The molecule has 0 saturated heterocycles. The molecule has 0 bridgehead atoms. The molecule has 2 unspecified atom stereocenters. The van der Waals surface area contributed by atoms with Gasteiger partial charge in [-0.3, -0.25) is 0 Å². The van der Waals surface area contributed by atoms with Gasteiger partial charge in [-0.25, -0.2) is 0 Å². The van der Waals surface area contributed by atoms with E-state index >= 15 is 0 Å². The maximum atomic E-state index is 8.85. The molecule has 0 aromatic rings. The molecule has 0 heterocycles. The van der Waals surface area contributed by atoms with Crippen molar-refractivity contribution < 1.29 is 24.4 Å². The second kappa shape index (κ2) is 12.3. The van der Waals surface area contributed by atoms with Crippen LogP contribution in [0.3, 0.4) is 0 Å². The topological polar surface area (TPSA) is 68.2 Å². The molecule has 0 aromatic heterocycles. The van der Waals surface area contributed by atoms with E-state index in [9.17, 15) is 0 Å². The predicted octanol–water partition coefficient (Wildman–Crippen LogP) is 0.578. The zero-order valence-electron chi connectivity index (χ0n) is 10.9. The summed E-state index contributed by atoms with van der Waals surface area (Å²) in [6.07, 6.45) is 1.02. The molecular weight excluding hydrogens is 224 g/mol. The number of aliphatic hydroxyl groups is 2. The maximum absolute atomic E-state index is 8.85. The quantitative estimate of drug-likeness (QED) is 0.530. The molecule has 0 aliphatic heterocycles. The zero-order chi connectivity index (χ0) is 12.9. The van der Waals surface area contributed by atoms with E-state index < -0.39 is 0 Å². The lowest BCUT2D eigenvalue weighted by Crippen LogP contribution is -2.27. The van der Waals surface area contributed by atoms with E-state index in [4.69, 9.17) is 24.4 Å². The molecule has 0 radical (unpaired) electrons. The van der Waals surface area contributed by atoms with Crippen molar-refractivity contribution in [2.75, 3.05) is 39.6 Å². The number of aliphatic hydroxyl groups excluding tert-OH is 2. The van der Waals surface area contributed by atoms with Crippen molar-refractivity contribution in [2.24, 2.45) is 0 Å². The summed E-state index contributed by atoms with van der Waals surface area (Å²) in [6.45, 7) is 6.14. The second-order valence-corrected chi connectivity index (χ2v) is 3.72. The molecule has 0 aromatic carbocycles. The average Bonchev–Trinajstić information content (AvgIpc) is 2.30. The van der Waals surface area contributed by atoms with Gasteiger partial charge in [0.15, 0.2) is 0 Å². The fourth-order valence-electron chi connectivity index (χ4n) is 1.52. The Hall–Kier alpha value is -0.200. The number of hydrogen-bond donors (Lipinski definition) is 2. The lowest BCUT2D eigenvalue weighted by atomic mass is 10.2. The zero-order valence-corrected chi connectivity index (χ0v) is 10.9. The third-order valence-corrected chi connectivity index (χ3v) is 2.31. The van der Waals surface area contributed by atoms with Gasteiger partial charge in [0.2, 0.25) is 0 Å². The number of hydrogen-bond acceptors (Lipinski definition) is 5. The first-order valence-electron chi connectivity index (χ1n) is 6.31.